The number of unbranched alkanes of at least 4 members (excludes halogenated alkanes) is 13. The van der Waals surface area contributed by atoms with Crippen LogP contribution in [0.3, 0.4) is 0 Å². The summed E-state index contributed by atoms with van der Waals surface area (Å²) in [5.74, 6) is -0.324. The molecule has 3 aliphatic heterocycles. The summed E-state index contributed by atoms with van der Waals surface area (Å²) in [5.41, 5.74) is 0. The van der Waals surface area contributed by atoms with Crippen molar-refractivity contribution in [1.82, 2.24) is 5.32 Å². The van der Waals surface area contributed by atoms with Crippen molar-refractivity contribution in [1.29, 1.82) is 0 Å². The van der Waals surface area contributed by atoms with E-state index in [-0.39, 0.29) is 12.3 Å². The van der Waals surface area contributed by atoms with Gasteiger partial charge in [0.05, 0.1) is 38.6 Å². The number of hydrogen-bond acceptors (Lipinski definition) is 18. The number of carbonyl (C=O) groups is 1. The summed E-state index contributed by atoms with van der Waals surface area (Å²) in [6, 6.07) is -1.02. The van der Waals surface area contributed by atoms with E-state index in [0.29, 0.717) is 12.8 Å². The van der Waals surface area contributed by atoms with Gasteiger partial charge in [0.1, 0.15) is 73.2 Å². The average molecular weight is 1280 g/mol. The fraction of sp³-hybridized carbons (Fsp3) is 0.681. The zero-order valence-corrected chi connectivity index (χ0v) is 54.5. The van der Waals surface area contributed by atoms with E-state index in [0.717, 1.165) is 96.3 Å². The molecule has 19 heteroatoms. The van der Waals surface area contributed by atoms with Gasteiger partial charge in [0, 0.05) is 6.42 Å². The lowest BCUT2D eigenvalue weighted by Crippen LogP contribution is -2.66. The molecule has 3 saturated heterocycles. The minimum absolute atomic E-state index is 0.186. The van der Waals surface area contributed by atoms with Crippen LogP contribution in [-0.2, 0) is 33.2 Å². The molecule has 0 spiro atoms. The van der Waals surface area contributed by atoms with Gasteiger partial charge in [-0.1, -0.05) is 205 Å². The molecule has 0 aromatic rings. The average Bonchev–Trinajstić information content (AvgIpc) is 0.876. The van der Waals surface area contributed by atoms with Crippen LogP contribution in [0.25, 0.3) is 0 Å². The Kier molecular flexibility index (Phi) is 46.6. The van der Waals surface area contributed by atoms with Crippen molar-refractivity contribution in [2.24, 2.45) is 0 Å². The second-order valence-electron chi connectivity index (χ2n) is 23.5. The molecule has 518 valence electrons. The molecule has 0 bridgehead atoms. The second kappa shape index (κ2) is 52.2. The Bertz CT molecular complexity index is 2170. The van der Waals surface area contributed by atoms with Crippen molar-refractivity contribution >= 4 is 5.91 Å². The minimum Gasteiger partial charge on any atom is -0.394 e. The van der Waals surface area contributed by atoms with E-state index in [9.17, 15) is 61.0 Å². The third kappa shape index (κ3) is 34.3. The minimum atomic E-state index is -1.99. The number of aliphatic hydroxyl groups is 11. The van der Waals surface area contributed by atoms with E-state index in [1.165, 1.54) is 51.4 Å². The van der Waals surface area contributed by atoms with E-state index in [1.807, 2.05) is 6.08 Å². The molecule has 3 heterocycles. The second-order valence-corrected chi connectivity index (χ2v) is 23.5. The first-order valence-electron chi connectivity index (χ1n) is 33.9. The maximum Gasteiger partial charge on any atom is 0.220 e. The van der Waals surface area contributed by atoms with Crippen LogP contribution in [0.1, 0.15) is 181 Å². The Hall–Kier alpha value is -4.07. The molecular formula is C72H117NO18. The van der Waals surface area contributed by atoms with Gasteiger partial charge in [-0.3, -0.25) is 4.79 Å². The lowest BCUT2D eigenvalue weighted by molar-refractivity contribution is -0.379. The lowest BCUT2D eigenvalue weighted by atomic mass is 9.96. The van der Waals surface area contributed by atoms with E-state index in [1.54, 1.807) is 6.08 Å². The van der Waals surface area contributed by atoms with Gasteiger partial charge in [0.2, 0.25) is 5.91 Å². The van der Waals surface area contributed by atoms with Gasteiger partial charge in [-0.25, -0.2) is 0 Å². The highest BCUT2D eigenvalue weighted by molar-refractivity contribution is 5.76. The number of allylic oxidation sites excluding steroid dienone is 21. The molecule has 1 amide bonds. The van der Waals surface area contributed by atoms with Gasteiger partial charge in [0.25, 0.3) is 0 Å². The molecule has 12 N–H and O–H groups in total. The summed E-state index contributed by atoms with van der Waals surface area (Å²) < 4.78 is 34.3. The Balaban J connectivity index is 1.45. The van der Waals surface area contributed by atoms with Crippen LogP contribution in [0.15, 0.2) is 134 Å². The summed E-state index contributed by atoms with van der Waals surface area (Å²) in [6.45, 7) is 1.53. The number of rotatable bonds is 49. The van der Waals surface area contributed by atoms with Crippen molar-refractivity contribution in [3.8, 4) is 0 Å². The highest BCUT2D eigenvalue weighted by atomic mass is 16.8. The van der Waals surface area contributed by atoms with Gasteiger partial charge in [-0.05, 0) is 103 Å². The predicted molar refractivity (Wildman–Crippen MR) is 355 cm³/mol. The van der Waals surface area contributed by atoms with E-state index in [4.69, 9.17) is 28.4 Å². The Labute approximate surface area is 543 Å². The zero-order valence-electron chi connectivity index (χ0n) is 54.5. The van der Waals surface area contributed by atoms with Crippen LogP contribution in [-0.4, -0.2) is 193 Å². The third-order valence-corrected chi connectivity index (χ3v) is 15.9. The molecule has 0 radical (unpaired) electrons. The van der Waals surface area contributed by atoms with Crippen molar-refractivity contribution in [3.05, 3.63) is 134 Å². The fourth-order valence-corrected chi connectivity index (χ4v) is 10.4. The number of carbonyl (C=O) groups excluding carboxylic acids is 1. The zero-order chi connectivity index (χ0) is 66.1. The molecule has 17 atom stereocenters. The van der Waals surface area contributed by atoms with Crippen LogP contribution in [0.4, 0.5) is 0 Å². The van der Waals surface area contributed by atoms with E-state index >= 15 is 0 Å². The molecule has 0 aromatic carbocycles. The fourth-order valence-electron chi connectivity index (χ4n) is 10.4. The number of aliphatic hydroxyl groups excluding tert-OH is 11. The summed E-state index contributed by atoms with van der Waals surface area (Å²) in [6.07, 6.45) is 45.7. The van der Waals surface area contributed by atoms with Crippen LogP contribution in [0, 0.1) is 0 Å². The molecule has 3 fully saturated rings. The molecule has 3 rings (SSSR count). The largest absolute Gasteiger partial charge is 0.394 e. The van der Waals surface area contributed by atoms with Crippen LogP contribution >= 0.6 is 0 Å². The first-order valence-corrected chi connectivity index (χ1v) is 33.9. The first kappa shape index (κ1) is 81.2. The van der Waals surface area contributed by atoms with Crippen molar-refractivity contribution < 1.29 is 89.4 Å². The Morgan fingerprint density at radius 3 is 1.23 bits per heavy atom. The molecule has 0 saturated carbocycles. The SMILES string of the molecule is CC/C=C\C/C=C\C/C=C\C/C=C\C/C=C\C/C=C\C/C=C\C/C=C\C/C=C\CCCCCC(=O)NC(COC1OC(CO)C(OC2OC(CO)C(OC3OC(CO)C(O)C(O)C3O)C(O)C2O)C(O)C1O)C(O)/C=C/CC/C=C/CCCCCCCCCCC. The molecule has 0 aliphatic carbocycles. The van der Waals surface area contributed by atoms with Gasteiger partial charge >= 0.3 is 0 Å². The molecule has 19 nitrogen and oxygen atoms in total. The normalized spacial score (nSPS) is 28.7. The third-order valence-electron chi connectivity index (χ3n) is 15.9. The van der Waals surface area contributed by atoms with E-state index in [2.05, 4.69) is 141 Å². The Morgan fingerprint density at radius 2 is 0.769 bits per heavy atom. The highest BCUT2D eigenvalue weighted by Gasteiger charge is 2.53. The standard InChI is InChI=1S/C72H117NO18/c1-3-5-7-9-11-13-15-17-19-20-21-22-23-24-25-26-27-28-29-30-31-32-33-34-36-38-40-42-44-46-48-50-60(78)73-55(56(77)49-47-45-43-41-39-37-35-18-16-14-12-10-8-6-4-2)54-86-70-66(84)63(81)68(58(52-75)88-70)91-72-67(85)64(82)69(59(53-76)89-72)90-71-65(83)62(80)61(79)57(51-74)87-71/h5,7,11,13,17,19,21-22,24-25,27-28,30-31,33-34,38-41,47,49,55-59,61-72,74-77,79-85H,3-4,6,8-10,12,14-16,18,20,23,26,29,32,35-37,42-46,48,50-54H2,1-2H3,(H,73,78)/b7-5-,13-11-,19-17-,22-21-,25-24-,28-27-,31-30-,34-33-,40-38-,41-39+,49-47+. The molecule has 0 aromatic heterocycles. The smallest absolute Gasteiger partial charge is 0.220 e. The van der Waals surface area contributed by atoms with Crippen LogP contribution in [0.2, 0.25) is 0 Å². The van der Waals surface area contributed by atoms with Gasteiger partial charge < -0.3 is 89.9 Å². The van der Waals surface area contributed by atoms with Crippen LogP contribution < -0.4 is 5.32 Å². The van der Waals surface area contributed by atoms with Gasteiger partial charge in [-0.15, -0.1) is 0 Å². The van der Waals surface area contributed by atoms with Gasteiger partial charge in [-0.2, -0.15) is 0 Å². The maximum atomic E-state index is 13.4. The van der Waals surface area contributed by atoms with Crippen molar-refractivity contribution in [3.63, 3.8) is 0 Å². The summed E-state index contributed by atoms with van der Waals surface area (Å²) >= 11 is 0. The van der Waals surface area contributed by atoms with Gasteiger partial charge in [0.15, 0.2) is 18.9 Å². The van der Waals surface area contributed by atoms with Crippen LogP contribution in [0.5, 0.6) is 0 Å². The monoisotopic (exact) mass is 1280 g/mol. The molecular weight excluding hydrogens is 1170 g/mol. The summed E-state index contributed by atoms with van der Waals surface area (Å²) in [5, 5.41) is 120. The predicted octanol–water partition coefficient (Wildman–Crippen LogP) is 8.60. The summed E-state index contributed by atoms with van der Waals surface area (Å²) in [7, 11) is 0. The number of amides is 1. The molecule has 3 aliphatic rings. The molecule has 91 heavy (non-hydrogen) atoms. The number of ether oxygens (including phenoxy) is 6. The Morgan fingerprint density at radius 1 is 0.407 bits per heavy atom. The molecule has 17 unspecified atom stereocenters. The first-order chi connectivity index (χ1) is 44.3. The lowest BCUT2D eigenvalue weighted by Gasteiger charge is -2.48. The van der Waals surface area contributed by atoms with Crippen molar-refractivity contribution in [2.75, 3.05) is 26.4 Å². The number of nitrogens with one attached hydrogen (secondary N) is 1. The number of hydrogen-bond donors (Lipinski definition) is 12. The quantitative estimate of drug-likeness (QED) is 0.0200. The van der Waals surface area contributed by atoms with Crippen molar-refractivity contribution in [2.45, 2.75) is 285 Å². The highest BCUT2D eigenvalue weighted by Crippen LogP contribution is 2.33. The maximum absolute atomic E-state index is 13.4. The van der Waals surface area contributed by atoms with E-state index < -0.39 is 131 Å². The summed E-state index contributed by atoms with van der Waals surface area (Å²) in [4.78, 5) is 13.4. The topological polar surface area (TPSA) is 307 Å².